The third-order valence-electron chi connectivity index (χ3n) is 5.08. The number of anilines is 1. The van der Waals surface area contributed by atoms with Crippen LogP contribution in [0.3, 0.4) is 0 Å². The molecule has 3 aromatic heterocycles. The zero-order chi connectivity index (χ0) is 21.3. The highest BCUT2D eigenvalue weighted by molar-refractivity contribution is 5.98. The Labute approximate surface area is 171 Å². The number of aromatic nitrogens is 5. The number of carbonyl (C=O) groups is 2. The maximum Gasteiger partial charge on any atom is 0.358 e. The highest BCUT2D eigenvalue weighted by atomic mass is 16.4. The molecule has 1 unspecified atom stereocenters. The molecule has 30 heavy (non-hydrogen) atoms. The number of nitrogens with zero attached hydrogens (tertiary/aromatic N) is 5. The Balaban J connectivity index is 2.02. The van der Waals surface area contributed by atoms with Gasteiger partial charge in [-0.05, 0) is 31.4 Å². The number of hydrogen-bond donors (Lipinski definition) is 2. The number of amides is 1. The number of carboxylic acid groups (broad SMARTS) is 1. The highest BCUT2D eigenvalue weighted by Gasteiger charge is 2.28. The van der Waals surface area contributed by atoms with Crippen LogP contribution in [0.15, 0.2) is 41.7 Å². The number of aromatic carboxylic acids is 1. The highest BCUT2D eigenvalue weighted by Crippen LogP contribution is 2.29. The molecule has 0 saturated heterocycles. The van der Waals surface area contributed by atoms with E-state index in [1.54, 1.807) is 18.3 Å². The molecule has 0 spiro atoms. The number of pyridine rings is 1. The molecule has 1 aliphatic rings. The van der Waals surface area contributed by atoms with Gasteiger partial charge in [0.1, 0.15) is 12.0 Å². The topological polar surface area (TPSA) is 132 Å². The van der Waals surface area contributed by atoms with Crippen LogP contribution in [0.25, 0.3) is 11.4 Å². The van der Waals surface area contributed by atoms with E-state index in [0.717, 1.165) is 29.5 Å². The summed E-state index contributed by atoms with van der Waals surface area (Å²) in [4.78, 5) is 45.6. The van der Waals surface area contributed by atoms with Crippen LogP contribution in [0.2, 0.25) is 0 Å². The van der Waals surface area contributed by atoms with Gasteiger partial charge in [-0.1, -0.05) is 13.3 Å². The Hall–Kier alpha value is -3.82. The predicted octanol–water partition coefficient (Wildman–Crippen LogP) is 1.81. The minimum atomic E-state index is -1.33. The summed E-state index contributed by atoms with van der Waals surface area (Å²) in [7, 11) is 0. The molecule has 10 nitrogen and oxygen atoms in total. The van der Waals surface area contributed by atoms with Crippen molar-refractivity contribution in [1.29, 1.82) is 0 Å². The Bertz CT molecular complexity index is 1180. The van der Waals surface area contributed by atoms with Crippen molar-refractivity contribution in [2.24, 2.45) is 5.92 Å². The van der Waals surface area contributed by atoms with Gasteiger partial charge in [-0.25, -0.2) is 14.5 Å². The van der Waals surface area contributed by atoms with Crippen molar-refractivity contribution in [3.8, 4) is 11.4 Å². The average Bonchev–Trinajstić information content (AvgIpc) is 3.10. The minimum absolute atomic E-state index is 0.0448. The van der Waals surface area contributed by atoms with Crippen molar-refractivity contribution in [2.75, 3.05) is 5.32 Å². The molecule has 0 aromatic carbocycles. The number of nitrogens with one attached hydrogen (secondary N) is 1. The first-order valence-corrected chi connectivity index (χ1v) is 9.61. The van der Waals surface area contributed by atoms with Gasteiger partial charge in [0.25, 0.3) is 5.56 Å². The first kappa shape index (κ1) is 19.5. The molecule has 1 aliphatic heterocycles. The van der Waals surface area contributed by atoms with Crippen molar-refractivity contribution < 1.29 is 14.7 Å². The molecule has 2 bridgehead atoms. The zero-order valence-electron chi connectivity index (χ0n) is 16.3. The van der Waals surface area contributed by atoms with Crippen LogP contribution in [0.1, 0.15) is 42.4 Å². The lowest BCUT2D eigenvalue weighted by Gasteiger charge is -2.17. The second-order valence-electron chi connectivity index (χ2n) is 7.19. The summed E-state index contributed by atoms with van der Waals surface area (Å²) in [5, 5.41) is 16.8. The maximum atomic E-state index is 12.8. The summed E-state index contributed by atoms with van der Waals surface area (Å²) in [5.41, 5.74) is 0.463. The Morgan fingerprint density at radius 2 is 2.07 bits per heavy atom. The van der Waals surface area contributed by atoms with E-state index in [-0.39, 0.29) is 29.0 Å². The first-order valence-electron chi connectivity index (χ1n) is 9.61. The lowest BCUT2D eigenvalue weighted by atomic mass is 10.0. The molecular formula is C20H20N6O4. The summed E-state index contributed by atoms with van der Waals surface area (Å²) in [6, 6.07) is 4.68. The summed E-state index contributed by atoms with van der Waals surface area (Å²) in [6.45, 7) is 1.81. The molecule has 1 atom stereocenters. The molecule has 3 aromatic rings. The van der Waals surface area contributed by atoms with Crippen LogP contribution in [0, 0.1) is 5.92 Å². The van der Waals surface area contributed by atoms with Crippen LogP contribution in [-0.2, 0) is 11.2 Å². The van der Waals surface area contributed by atoms with E-state index in [4.69, 9.17) is 0 Å². The lowest BCUT2D eigenvalue weighted by Crippen LogP contribution is -2.25. The van der Waals surface area contributed by atoms with Crippen molar-refractivity contribution in [1.82, 2.24) is 24.3 Å². The molecular weight excluding hydrogens is 388 g/mol. The monoisotopic (exact) mass is 408 g/mol. The minimum Gasteiger partial charge on any atom is -0.476 e. The van der Waals surface area contributed by atoms with E-state index in [9.17, 15) is 19.5 Å². The SMILES string of the molecule is CC1CCCCc2cc(ccn2)-n2nc(C(=O)O)c(-n3cnccc3=O)c2NC1=O. The number of aryl methyl sites for hydroxylation is 1. The predicted molar refractivity (Wildman–Crippen MR) is 107 cm³/mol. The zero-order valence-corrected chi connectivity index (χ0v) is 16.3. The van der Waals surface area contributed by atoms with Gasteiger partial charge in [0.2, 0.25) is 5.91 Å². The van der Waals surface area contributed by atoms with Gasteiger partial charge in [0.15, 0.2) is 11.5 Å². The van der Waals surface area contributed by atoms with Gasteiger partial charge in [0, 0.05) is 30.1 Å². The summed E-state index contributed by atoms with van der Waals surface area (Å²) < 4.78 is 2.40. The van der Waals surface area contributed by atoms with Crippen molar-refractivity contribution in [2.45, 2.75) is 32.6 Å². The van der Waals surface area contributed by atoms with Gasteiger partial charge in [0.05, 0.1) is 5.69 Å². The Morgan fingerprint density at radius 1 is 1.23 bits per heavy atom. The molecule has 4 rings (SSSR count). The van der Waals surface area contributed by atoms with Crippen LogP contribution < -0.4 is 10.9 Å². The number of fused-ring (bicyclic) bond motifs is 4. The van der Waals surface area contributed by atoms with Gasteiger partial charge in [-0.2, -0.15) is 5.10 Å². The fraction of sp³-hybridized carbons (Fsp3) is 0.300. The van der Waals surface area contributed by atoms with E-state index in [1.165, 1.54) is 23.3 Å². The van der Waals surface area contributed by atoms with E-state index in [1.807, 2.05) is 6.92 Å². The van der Waals surface area contributed by atoms with Gasteiger partial charge < -0.3 is 10.4 Å². The number of rotatable bonds is 2. The summed E-state index contributed by atoms with van der Waals surface area (Å²) in [5.74, 6) is -1.81. The van der Waals surface area contributed by atoms with Crippen molar-refractivity contribution in [3.63, 3.8) is 0 Å². The second-order valence-corrected chi connectivity index (χ2v) is 7.19. The summed E-state index contributed by atoms with van der Waals surface area (Å²) >= 11 is 0. The Kier molecular flexibility index (Phi) is 5.13. The number of hydrogen-bond acceptors (Lipinski definition) is 6. The molecule has 2 N–H and O–H groups in total. The van der Waals surface area contributed by atoms with Crippen LogP contribution >= 0.6 is 0 Å². The van der Waals surface area contributed by atoms with E-state index in [0.29, 0.717) is 12.1 Å². The van der Waals surface area contributed by atoms with Gasteiger partial charge >= 0.3 is 5.97 Å². The first-order chi connectivity index (χ1) is 14.5. The van der Waals surface area contributed by atoms with E-state index in [2.05, 4.69) is 20.4 Å². The largest absolute Gasteiger partial charge is 0.476 e. The number of carbonyl (C=O) groups excluding carboxylic acids is 1. The maximum absolute atomic E-state index is 12.8. The molecule has 0 aliphatic carbocycles. The second kappa shape index (κ2) is 7.90. The van der Waals surface area contributed by atoms with Crippen molar-refractivity contribution >= 4 is 17.7 Å². The van der Waals surface area contributed by atoms with Crippen LogP contribution in [0.4, 0.5) is 5.82 Å². The molecule has 10 heteroatoms. The third-order valence-corrected chi connectivity index (χ3v) is 5.08. The molecule has 0 radical (unpaired) electrons. The quantitative estimate of drug-likeness (QED) is 0.661. The molecule has 1 amide bonds. The standard InChI is InChI=1S/C20H20N6O4/c1-12-4-2-3-5-13-10-14(6-9-22-13)26-18(23-19(12)28)17(16(24-26)20(29)30)25-11-21-8-7-15(25)27/h6-12H,2-5H2,1H3,(H,23,28)(H,29,30). The Morgan fingerprint density at radius 3 is 2.83 bits per heavy atom. The molecule has 154 valence electrons. The van der Waals surface area contributed by atoms with Crippen LogP contribution in [0.5, 0.6) is 0 Å². The molecule has 0 fully saturated rings. The van der Waals surface area contributed by atoms with Gasteiger partial charge in [-0.15, -0.1) is 0 Å². The molecule has 4 heterocycles. The average molecular weight is 408 g/mol. The third kappa shape index (κ3) is 3.59. The van der Waals surface area contributed by atoms with E-state index < -0.39 is 11.5 Å². The van der Waals surface area contributed by atoms with Crippen molar-refractivity contribution in [3.05, 3.63) is 58.7 Å². The normalized spacial score (nSPS) is 16.7. The molecule has 0 saturated carbocycles. The number of carboxylic acids is 1. The summed E-state index contributed by atoms with van der Waals surface area (Å²) in [6.07, 6.45) is 7.28. The van der Waals surface area contributed by atoms with Gasteiger partial charge in [-0.3, -0.25) is 19.1 Å². The fourth-order valence-corrected chi connectivity index (χ4v) is 3.46. The van der Waals surface area contributed by atoms with E-state index >= 15 is 0 Å². The smallest absolute Gasteiger partial charge is 0.358 e. The van der Waals surface area contributed by atoms with Crippen LogP contribution in [-0.4, -0.2) is 41.3 Å². The lowest BCUT2D eigenvalue weighted by molar-refractivity contribution is -0.119. The fourth-order valence-electron chi connectivity index (χ4n) is 3.46.